The van der Waals surface area contributed by atoms with Crippen LogP contribution in [0.1, 0.15) is 63.9 Å². The minimum Gasteiger partial charge on any atom is -0.491 e. The molecule has 1 saturated heterocycles. The van der Waals surface area contributed by atoms with E-state index in [-0.39, 0.29) is 24.4 Å². The monoisotopic (exact) mass is 522 g/mol. The van der Waals surface area contributed by atoms with E-state index in [0.717, 1.165) is 22.6 Å². The molecule has 1 aromatic heterocycles. The molecule has 0 spiro atoms. The lowest BCUT2D eigenvalue weighted by Gasteiger charge is -2.42. The normalized spacial score (nSPS) is 24.8. The number of carboxylic acid groups (broad SMARTS) is 1. The number of hydrogen-bond donors (Lipinski definition) is 4. The molecule has 3 rings (SSSR count). The lowest BCUT2D eigenvalue weighted by atomic mass is 9.94. The molecule has 11 heteroatoms. The summed E-state index contributed by atoms with van der Waals surface area (Å²) in [6.45, 7) is 11.4. The molecule has 0 radical (unpaired) electrons. The molecule has 11 nitrogen and oxygen atoms in total. The molecule has 1 aliphatic rings. The Balaban J connectivity index is 1.89. The number of ether oxygens (including phenoxy) is 4. The van der Waals surface area contributed by atoms with Gasteiger partial charge in [0.15, 0.2) is 0 Å². The van der Waals surface area contributed by atoms with Crippen LogP contribution < -0.4 is 9.47 Å². The largest absolute Gasteiger partial charge is 0.506 e. The van der Waals surface area contributed by atoms with E-state index in [1.165, 1.54) is 0 Å². The van der Waals surface area contributed by atoms with Gasteiger partial charge in [0.25, 0.3) is 0 Å². The second-order valence-corrected chi connectivity index (χ2v) is 9.78. The molecule has 1 aromatic carbocycles. The van der Waals surface area contributed by atoms with Crippen molar-refractivity contribution in [2.75, 3.05) is 0 Å². The lowest BCUT2D eigenvalue weighted by molar-refractivity contribution is -0.289. The third-order valence-corrected chi connectivity index (χ3v) is 6.26. The van der Waals surface area contributed by atoms with Crippen LogP contribution in [0.4, 0.5) is 4.79 Å². The van der Waals surface area contributed by atoms with Gasteiger partial charge in [0.1, 0.15) is 36.3 Å². The van der Waals surface area contributed by atoms with Gasteiger partial charge in [-0.15, -0.1) is 5.10 Å². The zero-order valence-electron chi connectivity index (χ0n) is 22.1. The molecular weight excluding hydrogens is 484 g/mol. The van der Waals surface area contributed by atoms with E-state index in [1.807, 2.05) is 58.9 Å². The molecule has 1 aliphatic heterocycles. The van der Waals surface area contributed by atoms with Crippen molar-refractivity contribution in [2.45, 2.75) is 103 Å². The third-order valence-electron chi connectivity index (χ3n) is 6.26. The van der Waals surface area contributed by atoms with Crippen molar-refractivity contribution in [2.24, 2.45) is 0 Å². The first-order chi connectivity index (χ1) is 17.4. The zero-order chi connectivity index (χ0) is 27.4. The summed E-state index contributed by atoms with van der Waals surface area (Å²) >= 11 is 0. The first-order valence-electron chi connectivity index (χ1n) is 12.5. The highest BCUT2D eigenvalue weighted by Gasteiger charge is 2.49. The molecule has 37 heavy (non-hydrogen) atoms. The van der Waals surface area contributed by atoms with E-state index in [2.05, 4.69) is 5.10 Å². The van der Waals surface area contributed by atoms with Crippen LogP contribution in [0.5, 0.6) is 11.6 Å². The first-order valence-corrected chi connectivity index (χ1v) is 12.5. The first kappa shape index (κ1) is 28.7. The van der Waals surface area contributed by atoms with Crippen LogP contribution in [0.3, 0.4) is 0 Å². The molecule has 1 unspecified atom stereocenters. The Bertz CT molecular complexity index is 1040. The number of rotatable bonds is 10. The SMILES string of the molecule is CCC(OC(=O)O)[C@@H]1O[C@@H](Oc2nn(C(C)C)c(C)c2Cc2ccc(OC(C)C)cc2)[C@H](O)[C@@H](O)[C@@H]1O. The van der Waals surface area contributed by atoms with Crippen LogP contribution in [0, 0.1) is 6.92 Å². The molecule has 4 N–H and O–H groups in total. The van der Waals surface area contributed by atoms with Gasteiger partial charge in [0.2, 0.25) is 12.2 Å². The number of aliphatic hydroxyl groups excluding tert-OH is 3. The number of carbonyl (C=O) groups is 1. The number of aliphatic hydroxyl groups is 3. The molecule has 6 atom stereocenters. The van der Waals surface area contributed by atoms with E-state index in [0.29, 0.717) is 6.42 Å². The maximum Gasteiger partial charge on any atom is 0.506 e. The van der Waals surface area contributed by atoms with E-state index in [4.69, 9.17) is 24.1 Å². The average molecular weight is 523 g/mol. The molecule has 2 aromatic rings. The molecule has 2 heterocycles. The van der Waals surface area contributed by atoms with Gasteiger partial charge in [-0.1, -0.05) is 19.1 Å². The number of benzene rings is 1. The Morgan fingerprint density at radius 1 is 1.08 bits per heavy atom. The van der Waals surface area contributed by atoms with Crippen LogP contribution >= 0.6 is 0 Å². The molecule has 0 saturated carbocycles. The zero-order valence-corrected chi connectivity index (χ0v) is 22.1. The van der Waals surface area contributed by atoms with Crippen LogP contribution in [0.25, 0.3) is 0 Å². The molecule has 0 aliphatic carbocycles. The van der Waals surface area contributed by atoms with Crippen LogP contribution in [-0.4, -0.2) is 79.3 Å². The van der Waals surface area contributed by atoms with Gasteiger partial charge in [0.05, 0.1) is 6.10 Å². The summed E-state index contributed by atoms with van der Waals surface area (Å²) in [4.78, 5) is 11.1. The third kappa shape index (κ3) is 6.72. The minimum atomic E-state index is -1.65. The fraction of sp³-hybridized carbons (Fsp3) is 0.615. The van der Waals surface area contributed by atoms with Crippen molar-refractivity contribution in [3.8, 4) is 11.6 Å². The Morgan fingerprint density at radius 2 is 1.73 bits per heavy atom. The molecule has 206 valence electrons. The Hall–Kier alpha value is -2.86. The second-order valence-electron chi connectivity index (χ2n) is 9.78. The van der Waals surface area contributed by atoms with Gasteiger partial charge in [-0.3, -0.25) is 4.68 Å². The molecule has 1 fully saturated rings. The van der Waals surface area contributed by atoms with Gasteiger partial charge in [-0.25, -0.2) is 4.79 Å². The van der Waals surface area contributed by atoms with Crippen LogP contribution in [0.2, 0.25) is 0 Å². The number of aromatic nitrogens is 2. The molecular formula is C26H38N2O9. The standard InChI is InChI=1S/C26H38N2O9/c1-7-19(35-26(32)33)23-21(30)20(29)22(31)25(36-23)37-24-18(15(6)28(27-24)13(2)3)12-16-8-10-17(11-9-16)34-14(4)5/h8-11,13-14,19-23,25,29-31H,7,12H2,1-6H3,(H,32,33)/t19?,20-,21-,22+,23-,25-/m0/s1. The van der Waals surface area contributed by atoms with Crippen LogP contribution in [0.15, 0.2) is 24.3 Å². The summed E-state index contributed by atoms with van der Waals surface area (Å²) in [6, 6.07) is 7.70. The fourth-order valence-electron chi connectivity index (χ4n) is 4.39. The van der Waals surface area contributed by atoms with Crippen molar-refractivity contribution in [3.05, 3.63) is 41.1 Å². The molecule has 0 amide bonds. The average Bonchev–Trinajstić information content (AvgIpc) is 3.14. The van der Waals surface area contributed by atoms with Gasteiger partial charge in [0, 0.05) is 23.7 Å². The minimum absolute atomic E-state index is 0.0173. The second kappa shape index (κ2) is 12.1. The molecule has 0 bridgehead atoms. The smallest absolute Gasteiger partial charge is 0.491 e. The van der Waals surface area contributed by atoms with E-state index < -0.39 is 43.0 Å². The Kier molecular flexibility index (Phi) is 9.41. The van der Waals surface area contributed by atoms with Gasteiger partial charge in [-0.05, 0) is 58.7 Å². The van der Waals surface area contributed by atoms with Crippen molar-refractivity contribution in [3.63, 3.8) is 0 Å². The predicted octanol–water partition coefficient (Wildman–Crippen LogP) is 2.81. The maximum absolute atomic E-state index is 11.1. The Labute approximate surface area is 216 Å². The maximum atomic E-state index is 11.1. The van der Waals surface area contributed by atoms with E-state index in [1.54, 1.807) is 11.6 Å². The predicted molar refractivity (Wildman–Crippen MR) is 133 cm³/mol. The van der Waals surface area contributed by atoms with E-state index in [9.17, 15) is 20.1 Å². The topological polar surface area (TPSA) is 153 Å². The highest BCUT2D eigenvalue weighted by atomic mass is 16.7. The summed E-state index contributed by atoms with van der Waals surface area (Å²) in [5, 5.41) is 45.2. The van der Waals surface area contributed by atoms with Crippen molar-refractivity contribution in [1.29, 1.82) is 0 Å². The van der Waals surface area contributed by atoms with Gasteiger partial charge < -0.3 is 39.4 Å². The van der Waals surface area contributed by atoms with E-state index >= 15 is 0 Å². The summed E-state index contributed by atoms with van der Waals surface area (Å²) in [5.74, 6) is 0.962. The lowest BCUT2D eigenvalue weighted by Crippen LogP contribution is -2.62. The summed E-state index contributed by atoms with van der Waals surface area (Å²) < 4.78 is 24.1. The fourth-order valence-corrected chi connectivity index (χ4v) is 4.39. The van der Waals surface area contributed by atoms with Crippen molar-refractivity contribution >= 4 is 6.16 Å². The van der Waals surface area contributed by atoms with Gasteiger partial charge >= 0.3 is 6.16 Å². The highest BCUT2D eigenvalue weighted by molar-refractivity contribution is 5.57. The quantitative estimate of drug-likeness (QED) is 0.343. The summed E-state index contributed by atoms with van der Waals surface area (Å²) in [5.41, 5.74) is 2.59. The Morgan fingerprint density at radius 3 is 2.27 bits per heavy atom. The van der Waals surface area contributed by atoms with Crippen molar-refractivity contribution < 1.29 is 44.2 Å². The van der Waals surface area contributed by atoms with Crippen LogP contribution in [-0.2, 0) is 15.9 Å². The summed E-state index contributed by atoms with van der Waals surface area (Å²) in [7, 11) is 0. The number of nitrogens with zero attached hydrogens (tertiary/aromatic N) is 2. The summed E-state index contributed by atoms with van der Waals surface area (Å²) in [6.07, 6.45) is -9.45. The highest BCUT2D eigenvalue weighted by Crippen LogP contribution is 2.32. The van der Waals surface area contributed by atoms with Gasteiger partial charge in [-0.2, -0.15) is 0 Å². The van der Waals surface area contributed by atoms with Crippen molar-refractivity contribution in [1.82, 2.24) is 9.78 Å². The number of hydrogen-bond acceptors (Lipinski definition) is 9.